The average Bonchev–Trinajstić information content (AvgIpc) is 2.52. The summed E-state index contributed by atoms with van der Waals surface area (Å²) in [4.78, 5) is 12.0. The molecule has 1 unspecified atom stereocenters. The number of methoxy groups -OCH3 is 1. The second-order valence-electron chi connectivity index (χ2n) is 6.83. The minimum Gasteiger partial charge on any atom is -0.493 e. The standard InChI is InChI=1S/C19H29NO4/c1-6-24-16-9-7-14(11-17(16)23-5)8-10-18(22)20-15(13-21)12-19(2,3)4/h7-11,15,21H,6,12-13H2,1-5H3,(H,20,22). The van der Waals surface area contributed by atoms with Crippen molar-refractivity contribution in [2.24, 2.45) is 5.41 Å². The zero-order chi connectivity index (χ0) is 18.2. The van der Waals surface area contributed by atoms with Gasteiger partial charge in [-0.15, -0.1) is 0 Å². The molecule has 0 aliphatic rings. The molecule has 0 spiro atoms. The maximum atomic E-state index is 12.0. The van der Waals surface area contributed by atoms with Crippen molar-refractivity contribution in [1.82, 2.24) is 5.32 Å². The Morgan fingerprint density at radius 1 is 1.33 bits per heavy atom. The lowest BCUT2D eigenvalue weighted by atomic mass is 9.88. The van der Waals surface area contributed by atoms with E-state index in [0.29, 0.717) is 24.5 Å². The van der Waals surface area contributed by atoms with Crippen molar-refractivity contribution < 1.29 is 19.4 Å². The molecule has 5 heteroatoms. The van der Waals surface area contributed by atoms with Crippen LogP contribution in [0.25, 0.3) is 6.08 Å². The Kier molecular flexibility index (Phi) is 7.79. The second-order valence-corrected chi connectivity index (χ2v) is 6.83. The summed E-state index contributed by atoms with van der Waals surface area (Å²) in [6.07, 6.45) is 3.87. The van der Waals surface area contributed by atoms with Gasteiger partial charge in [-0.3, -0.25) is 4.79 Å². The highest BCUT2D eigenvalue weighted by atomic mass is 16.5. The van der Waals surface area contributed by atoms with Crippen molar-refractivity contribution in [1.29, 1.82) is 0 Å². The van der Waals surface area contributed by atoms with Crippen LogP contribution >= 0.6 is 0 Å². The summed E-state index contributed by atoms with van der Waals surface area (Å²) in [5, 5.41) is 12.2. The lowest BCUT2D eigenvalue weighted by molar-refractivity contribution is -0.117. The number of ether oxygens (including phenoxy) is 2. The van der Waals surface area contributed by atoms with Gasteiger partial charge in [0.25, 0.3) is 0 Å². The molecule has 0 aliphatic carbocycles. The highest BCUT2D eigenvalue weighted by Crippen LogP contribution is 2.28. The van der Waals surface area contributed by atoms with E-state index in [1.165, 1.54) is 6.08 Å². The molecule has 0 aliphatic heterocycles. The van der Waals surface area contributed by atoms with Crippen molar-refractivity contribution in [2.45, 2.75) is 40.2 Å². The van der Waals surface area contributed by atoms with Crippen LogP contribution in [0.15, 0.2) is 24.3 Å². The van der Waals surface area contributed by atoms with Crippen molar-refractivity contribution in [3.05, 3.63) is 29.8 Å². The Morgan fingerprint density at radius 3 is 2.58 bits per heavy atom. The molecule has 1 aromatic rings. The van der Waals surface area contributed by atoms with Crippen LogP contribution in [0.1, 0.15) is 39.7 Å². The first-order chi connectivity index (χ1) is 11.3. The van der Waals surface area contributed by atoms with Crippen molar-refractivity contribution in [3.63, 3.8) is 0 Å². The van der Waals surface area contributed by atoms with E-state index in [9.17, 15) is 9.90 Å². The number of aliphatic hydroxyl groups excluding tert-OH is 1. The Hall–Kier alpha value is -2.01. The SMILES string of the molecule is CCOc1ccc(C=CC(=O)NC(CO)CC(C)(C)C)cc1OC. The molecule has 1 atom stereocenters. The van der Waals surface area contributed by atoms with E-state index in [2.05, 4.69) is 26.1 Å². The first kappa shape index (κ1) is 20.0. The molecule has 1 amide bonds. The molecule has 1 rings (SSSR count). The number of benzene rings is 1. The van der Waals surface area contributed by atoms with Crippen molar-refractivity contribution in [2.75, 3.05) is 20.3 Å². The van der Waals surface area contributed by atoms with E-state index in [1.807, 2.05) is 25.1 Å². The van der Waals surface area contributed by atoms with Gasteiger partial charge < -0.3 is 19.9 Å². The van der Waals surface area contributed by atoms with Crippen LogP contribution in [0.3, 0.4) is 0 Å². The molecule has 134 valence electrons. The summed E-state index contributed by atoms with van der Waals surface area (Å²) >= 11 is 0. The van der Waals surface area contributed by atoms with Crippen LogP contribution < -0.4 is 14.8 Å². The Morgan fingerprint density at radius 2 is 2.04 bits per heavy atom. The van der Waals surface area contributed by atoms with Gasteiger partial charge in [0.2, 0.25) is 5.91 Å². The zero-order valence-electron chi connectivity index (χ0n) is 15.3. The fourth-order valence-electron chi connectivity index (χ4n) is 2.38. The third-order valence-corrected chi connectivity index (χ3v) is 3.34. The molecule has 5 nitrogen and oxygen atoms in total. The van der Waals surface area contributed by atoms with Crippen LogP contribution in [-0.2, 0) is 4.79 Å². The molecule has 0 saturated heterocycles. The molecule has 1 aromatic carbocycles. The number of rotatable bonds is 8. The zero-order valence-corrected chi connectivity index (χ0v) is 15.3. The lowest BCUT2D eigenvalue weighted by Crippen LogP contribution is -2.39. The van der Waals surface area contributed by atoms with Gasteiger partial charge in [0, 0.05) is 6.08 Å². The van der Waals surface area contributed by atoms with Crippen LogP contribution in [0.5, 0.6) is 11.5 Å². The van der Waals surface area contributed by atoms with E-state index >= 15 is 0 Å². The van der Waals surface area contributed by atoms with E-state index in [1.54, 1.807) is 13.2 Å². The lowest BCUT2D eigenvalue weighted by Gasteiger charge is -2.24. The maximum Gasteiger partial charge on any atom is 0.244 e. The van der Waals surface area contributed by atoms with Crippen LogP contribution in [-0.4, -0.2) is 37.4 Å². The number of nitrogens with one attached hydrogen (secondary N) is 1. The molecular formula is C19H29NO4. The molecule has 0 saturated carbocycles. The Bertz CT molecular complexity index is 561. The number of amides is 1. The van der Waals surface area contributed by atoms with Gasteiger partial charge in [0.05, 0.1) is 26.4 Å². The van der Waals surface area contributed by atoms with Crippen molar-refractivity contribution >= 4 is 12.0 Å². The number of hydrogen-bond donors (Lipinski definition) is 2. The van der Waals surface area contributed by atoms with Gasteiger partial charge in [-0.2, -0.15) is 0 Å². The molecule has 24 heavy (non-hydrogen) atoms. The summed E-state index contributed by atoms with van der Waals surface area (Å²) in [5.74, 6) is 1.07. The molecule has 0 heterocycles. The summed E-state index contributed by atoms with van der Waals surface area (Å²) in [6, 6.07) is 5.23. The van der Waals surface area contributed by atoms with Gasteiger partial charge in [-0.25, -0.2) is 0 Å². The molecular weight excluding hydrogens is 306 g/mol. The number of hydrogen-bond acceptors (Lipinski definition) is 4. The minimum atomic E-state index is -0.253. The van der Waals surface area contributed by atoms with Gasteiger partial charge >= 0.3 is 0 Å². The second kappa shape index (κ2) is 9.33. The monoisotopic (exact) mass is 335 g/mol. The topological polar surface area (TPSA) is 67.8 Å². The molecule has 0 bridgehead atoms. The average molecular weight is 335 g/mol. The molecule has 0 fully saturated rings. The highest BCUT2D eigenvalue weighted by molar-refractivity contribution is 5.92. The molecule has 2 N–H and O–H groups in total. The largest absolute Gasteiger partial charge is 0.493 e. The van der Waals surface area contributed by atoms with Gasteiger partial charge in [-0.1, -0.05) is 26.8 Å². The van der Waals surface area contributed by atoms with E-state index in [4.69, 9.17) is 9.47 Å². The van der Waals surface area contributed by atoms with Crippen LogP contribution in [0.2, 0.25) is 0 Å². The fraction of sp³-hybridized carbons (Fsp3) is 0.526. The Labute approximate surface area is 144 Å². The van der Waals surface area contributed by atoms with Crippen LogP contribution in [0.4, 0.5) is 0 Å². The summed E-state index contributed by atoms with van der Waals surface area (Å²) < 4.78 is 10.8. The third kappa shape index (κ3) is 7.04. The maximum absolute atomic E-state index is 12.0. The van der Waals surface area contributed by atoms with Gasteiger partial charge in [-0.05, 0) is 42.5 Å². The first-order valence-electron chi connectivity index (χ1n) is 8.19. The molecule has 0 aromatic heterocycles. The van der Waals surface area contributed by atoms with Gasteiger partial charge in [0.1, 0.15) is 0 Å². The van der Waals surface area contributed by atoms with E-state index in [-0.39, 0.29) is 24.0 Å². The normalized spacial score (nSPS) is 12.9. The predicted octanol–water partition coefficient (Wildman–Crippen LogP) is 3.02. The summed E-state index contributed by atoms with van der Waals surface area (Å²) in [5.41, 5.74) is 0.870. The van der Waals surface area contributed by atoms with Crippen molar-refractivity contribution in [3.8, 4) is 11.5 Å². The summed E-state index contributed by atoms with van der Waals surface area (Å²) in [7, 11) is 1.58. The smallest absolute Gasteiger partial charge is 0.244 e. The third-order valence-electron chi connectivity index (χ3n) is 3.34. The quantitative estimate of drug-likeness (QED) is 0.717. The first-order valence-corrected chi connectivity index (χ1v) is 8.19. The number of carbonyl (C=O) groups is 1. The Balaban J connectivity index is 2.72. The van der Waals surface area contributed by atoms with Gasteiger partial charge in [0.15, 0.2) is 11.5 Å². The fourth-order valence-corrected chi connectivity index (χ4v) is 2.38. The van der Waals surface area contributed by atoms with E-state index < -0.39 is 0 Å². The number of carbonyl (C=O) groups excluding carboxylic acids is 1. The number of aliphatic hydroxyl groups is 1. The summed E-state index contributed by atoms with van der Waals surface area (Å²) in [6.45, 7) is 8.61. The molecule has 0 radical (unpaired) electrons. The minimum absolute atomic E-state index is 0.0346. The highest BCUT2D eigenvalue weighted by Gasteiger charge is 2.19. The van der Waals surface area contributed by atoms with E-state index in [0.717, 1.165) is 5.56 Å². The predicted molar refractivity (Wildman–Crippen MR) is 96.3 cm³/mol. The van der Waals surface area contributed by atoms with Crippen LogP contribution in [0, 0.1) is 5.41 Å².